The third-order valence-corrected chi connectivity index (χ3v) is 4.82. The highest BCUT2D eigenvalue weighted by Crippen LogP contribution is 2.25. The van der Waals surface area contributed by atoms with Crippen LogP contribution in [0.25, 0.3) is 0 Å². The minimum atomic E-state index is -0.644. The highest BCUT2D eigenvalue weighted by molar-refractivity contribution is 5.99. The molecule has 0 saturated heterocycles. The lowest BCUT2D eigenvalue weighted by Gasteiger charge is -2.28. The predicted octanol–water partition coefficient (Wildman–Crippen LogP) is 2.34. The number of rotatable bonds is 9. The zero-order valence-electron chi connectivity index (χ0n) is 17.5. The maximum Gasteiger partial charge on any atom is 0.251 e. The molecule has 0 saturated carbocycles. The summed E-state index contributed by atoms with van der Waals surface area (Å²) in [5.74, 6) is 1.27. The number of nitrogens with zero attached hydrogens (tertiary/aromatic N) is 3. The number of benzene rings is 1. The number of aromatic nitrogens is 2. The molecule has 1 aromatic heterocycles. The van der Waals surface area contributed by atoms with Crippen molar-refractivity contribution in [2.45, 2.75) is 39.8 Å². The molecule has 0 aliphatic carbocycles. The summed E-state index contributed by atoms with van der Waals surface area (Å²) in [5.41, 5.74) is 0.972. The molecule has 1 atom stereocenters. The van der Waals surface area contributed by atoms with Gasteiger partial charge in [0.05, 0.1) is 19.7 Å². The summed E-state index contributed by atoms with van der Waals surface area (Å²) < 4.78 is 7.46. The standard InChI is InChI=1S/C22H28N4O4/c1-15(2)12-18(22(29)23-20-8-9-25(24-20)10-11-27)26-14-17(13-21(26)28)30-19-7-5-4-6-16(19)3/h4-9,13,15,18,27H,10-12,14H2,1-3H3,(H,23,24,29)/t18-/m0/s1. The topological polar surface area (TPSA) is 96.7 Å². The molecule has 0 radical (unpaired) electrons. The average molecular weight is 412 g/mol. The van der Waals surface area contributed by atoms with Crippen LogP contribution in [0.1, 0.15) is 25.8 Å². The van der Waals surface area contributed by atoms with Gasteiger partial charge in [0.2, 0.25) is 5.91 Å². The molecular formula is C22H28N4O4. The van der Waals surface area contributed by atoms with Crippen molar-refractivity contribution in [2.24, 2.45) is 5.92 Å². The Morgan fingerprint density at radius 1 is 1.30 bits per heavy atom. The second kappa shape index (κ2) is 9.58. The van der Waals surface area contributed by atoms with E-state index in [0.717, 1.165) is 5.56 Å². The molecule has 1 aliphatic rings. The zero-order valence-corrected chi connectivity index (χ0v) is 17.5. The van der Waals surface area contributed by atoms with Crippen molar-refractivity contribution in [3.8, 4) is 5.75 Å². The molecular weight excluding hydrogens is 384 g/mol. The number of carbonyl (C=O) groups is 2. The fourth-order valence-electron chi connectivity index (χ4n) is 3.34. The van der Waals surface area contributed by atoms with Crippen molar-refractivity contribution in [3.63, 3.8) is 0 Å². The summed E-state index contributed by atoms with van der Waals surface area (Å²) in [5, 5.41) is 16.0. The van der Waals surface area contributed by atoms with Crippen LogP contribution in [0.3, 0.4) is 0 Å². The van der Waals surface area contributed by atoms with Gasteiger partial charge in [0, 0.05) is 18.3 Å². The largest absolute Gasteiger partial charge is 0.459 e. The first kappa shape index (κ1) is 21.6. The van der Waals surface area contributed by atoms with Crippen LogP contribution in [0.5, 0.6) is 5.75 Å². The van der Waals surface area contributed by atoms with Crippen LogP contribution in [-0.2, 0) is 16.1 Å². The van der Waals surface area contributed by atoms with Crippen LogP contribution in [0, 0.1) is 12.8 Å². The molecule has 160 valence electrons. The first-order valence-corrected chi connectivity index (χ1v) is 10.1. The van der Waals surface area contributed by atoms with E-state index in [1.807, 2.05) is 45.0 Å². The highest BCUT2D eigenvalue weighted by Gasteiger charge is 2.35. The van der Waals surface area contributed by atoms with Crippen LogP contribution < -0.4 is 10.1 Å². The first-order valence-electron chi connectivity index (χ1n) is 10.1. The summed E-state index contributed by atoms with van der Waals surface area (Å²) in [7, 11) is 0. The van der Waals surface area contributed by atoms with Gasteiger partial charge in [-0.25, -0.2) is 0 Å². The van der Waals surface area contributed by atoms with Gasteiger partial charge in [0.25, 0.3) is 5.91 Å². The molecule has 8 nitrogen and oxygen atoms in total. The Bertz CT molecular complexity index is 935. The maximum atomic E-state index is 13.0. The Balaban J connectivity index is 1.71. The molecule has 8 heteroatoms. The fourth-order valence-corrected chi connectivity index (χ4v) is 3.34. The minimum absolute atomic E-state index is 0.0390. The molecule has 2 heterocycles. The number of para-hydroxylation sites is 1. The molecule has 0 unspecified atom stereocenters. The molecule has 2 aromatic rings. The van der Waals surface area contributed by atoms with Crippen LogP contribution >= 0.6 is 0 Å². The van der Waals surface area contributed by atoms with Gasteiger partial charge in [-0.05, 0) is 30.9 Å². The van der Waals surface area contributed by atoms with Crippen molar-refractivity contribution in [1.29, 1.82) is 0 Å². The van der Waals surface area contributed by atoms with Gasteiger partial charge in [0.15, 0.2) is 5.82 Å². The monoisotopic (exact) mass is 412 g/mol. The third kappa shape index (κ3) is 5.27. The van der Waals surface area contributed by atoms with Crippen molar-refractivity contribution in [3.05, 3.63) is 53.9 Å². The molecule has 1 aliphatic heterocycles. The van der Waals surface area contributed by atoms with E-state index in [0.29, 0.717) is 30.3 Å². The normalized spacial score (nSPS) is 14.8. The van der Waals surface area contributed by atoms with E-state index >= 15 is 0 Å². The lowest BCUT2D eigenvalue weighted by atomic mass is 10.0. The van der Waals surface area contributed by atoms with Gasteiger partial charge in [0.1, 0.15) is 17.6 Å². The summed E-state index contributed by atoms with van der Waals surface area (Å²) in [6.07, 6.45) is 3.64. The first-order chi connectivity index (χ1) is 14.4. The lowest BCUT2D eigenvalue weighted by molar-refractivity contribution is -0.133. The van der Waals surface area contributed by atoms with Crippen molar-refractivity contribution < 1.29 is 19.4 Å². The molecule has 2 N–H and O–H groups in total. The van der Waals surface area contributed by atoms with E-state index < -0.39 is 6.04 Å². The Morgan fingerprint density at radius 3 is 2.77 bits per heavy atom. The molecule has 2 amide bonds. The number of aliphatic hydroxyl groups excluding tert-OH is 1. The van der Waals surface area contributed by atoms with Crippen LogP contribution in [0.4, 0.5) is 5.82 Å². The number of nitrogens with one attached hydrogen (secondary N) is 1. The predicted molar refractivity (Wildman–Crippen MR) is 113 cm³/mol. The van der Waals surface area contributed by atoms with E-state index in [2.05, 4.69) is 10.4 Å². The van der Waals surface area contributed by atoms with Gasteiger partial charge < -0.3 is 20.1 Å². The van der Waals surface area contributed by atoms with Gasteiger partial charge in [-0.15, -0.1) is 0 Å². The van der Waals surface area contributed by atoms with E-state index in [4.69, 9.17) is 9.84 Å². The Labute approximate surface area is 176 Å². The summed E-state index contributed by atoms with van der Waals surface area (Å²) in [4.78, 5) is 27.2. The molecule has 0 bridgehead atoms. The molecule has 0 fully saturated rings. The summed E-state index contributed by atoms with van der Waals surface area (Å²) in [6, 6.07) is 8.61. The Morgan fingerprint density at radius 2 is 2.07 bits per heavy atom. The highest BCUT2D eigenvalue weighted by atomic mass is 16.5. The number of hydrogen-bond donors (Lipinski definition) is 2. The van der Waals surface area contributed by atoms with Crippen molar-refractivity contribution in [1.82, 2.24) is 14.7 Å². The van der Waals surface area contributed by atoms with E-state index in [9.17, 15) is 9.59 Å². The summed E-state index contributed by atoms with van der Waals surface area (Å²) >= 11 is 0. The zero-order chi connectivity index (χ0) is 21.7. The SMILES string of the molecule is Cc1ccccc1OC1=CC(=O)N([C@@H](CC(C)C)C(=O)Nc2ccn(CCO)n2)C1. The van der Waals surface area contributed by atoms with E-state index in [1.165, 1.54) is 11.0 Å². The average Bonchev–Trinajstić information content (AvgIpc) is 3.28. The number of aliphatic hydroxyl groups is 1. The molecule has 3 rings (SSSR count). The maximum absolute atomic E-state index is 13.0. The lowest BCUT2D eigenvalue weighted by Crippen LogP contribution is -2.46. The number of hydrogen-bond acceptors (Lipinski definition) is 5. The fraction of sp³-hybridized carbons (Fsp3) is 0.409. The number of anilines is 1. The van der Waals surface area contributed by atoms with Crippen LogP contribution in [0.15, 0.2) is 48.4 Å². The Hall–Kier alpha value is -3.13. The summed E-state index contributed by atoms with van der Waals surface area (Å²) in [6.45, 7) is 6.50. The van der Waals surface area contributed by atoms with E-state index in [-0.39, 0.29) is 30.9 Å². The number of amides is 2. The second-order valence-electron chi connectivity index (χ2n) is 7.77. The van der Waals surface area contributed by atoms with E-state index in [1.54, 1.807) is 16.9 Å². The van der Waals surface area contributed by atoms with Gasteiger partial charge >= 0.3 is 0 Å². The number of carbonyl (C=O) groups excluding carboxylic acids is 2. The Kier molecular flexibility index (Phi) is 6.89. The third-order valence-electron chi connectivity index (χ3n) is 4.82. The minimum Gasteiger partial charge on any atom is -0.459 e. The number of ether oxygens (including phenoxy) is 1. The second-order valence-corrected chi connectivity index (χ2v) is 7.77. The van der Waals surface area contributed by atoms with Crippen molar-refractivity contribution in [2.75, 3.05) is 18.5 Å². The van der Waals surface area contributed by atoms with Gasteiger partial charge in [-0.3, -0.25) is 14.3 Å². The van der Waals surface area contributed by atoms with Crippen molar-refractivity contribution >= 4 is 17.6 Å². The quantitative estimate of drug-likeness (QED) is 0.659. The van der Waals surface area contributed by atoms with Gasteiger partial charge in [-0.2, -0.15) is 5.10 Å². The molecule has 30 heavy (non-hydrogen) atoms. The van der Waals surface area contributed by atoms with Crippen LogP contribution in [0.2, 0.25) is 0 Å². The van der Waals surface area contributed by atoms with Gasteiger partial charge in [-0.1, -0.05) is 32.0 Å². The van der Waals surface area contributed by atoms with Crippen LogP contribution in [-0.4, -0.2) is 50.8 Å². The molecule has 0 spiro atoms. The smallest absolute Gasteiger partial charge is 0.251 e. The number of aryl methyl sites for hydroxylation is 1. The molecule has 1 aromatic carbocycles.